The van der Waals surface area contributed by atoms with Crippen LogP contribution in [0.25, 0.3) is 16.8 Å². The molecule has 0 bridgehead atoms. The molecule has 2 atom stereocenters. The van der Waals surface area contributed by atoms with Gasteiger partial charge in [0.1, 0.15) is 12.4 Å². The zero-order valence-corrected chi connectivity index (χ0v) is 22.5. The fourth-order valence-corrected chi connectivity index (χ4v) is 6.67. The van der Waals surface area contributed by atoms with Gasteiger partial charge in [-0.15, -0.1) is 0 Å². The SMILES string of the molecule is N#CCNC(=O)[C@H]1CC(F)(F)CC[C@@H]1c1nn(-c2ccc(F)cc2)cc1-c1ccc(N2CCS(O)(O)CC2)cc1. The standard InChI is InChI=1S/C28H30F3N5O3S/c29-20-3-7-22(8-4-20)36-18-25(19-1-5-21(6-2-19)35-13-15-40(38,39)16-14-35)26(34-36)23-9-10-28(30,31)17-24(23)27(37)33-12-11-32/h1-8,18,23-24,38-39H,9-10,12-17H2,(H,33,37)/t23-,24-/m0/s1. The lowest BCUT2D eigenvalue weighted by Crippen LogP contribution is -2.41. The van der Waals surface area contributed by atoms with Crippen LogP contribution in [0.3, 0.4) is 0 Å². The van der Waals surface area contributed by atoms with Gasteiger partial charge >= 0.3 is 0 Å². The van der Waals surface area contributed by atoms with Crippen molar-refractivity contribution < 1.29 is 27.1 Å². The summed E-state index contributed by atoms with van der Waals surface area (Å²) >= 11 is 0. The number of halogens is 3. The van der Waals surface area contributed by atoms with Gasteiger partial charge in [0.15, 0.2) is 0 Å². The molecule has 5 rings (SSSR count). The Morgan fingerprint density at radius 1 is 1.10 bits per heavy atom. The van der Waals surface area contributed by atoms with Crippen LogP contribution in [0.15, 0.2) is 54.7 Å². The van der Waals surface area contributed by atoms with Gasteiger partial charge in [-0.1, -0.05) is 12.1 Å². The molecule has 40 heavy (non-hydrogen) atoms. The molecule has 2 heterocycles. The number of carbonyl (C=O) groups is 1. The number of carbonyl (C=O) groups excluding carboxylic acids is 1. The molecule has 212 valence electrons. The Hall–Kier alpha value is -3.53. The fourth-order valence-electron chi connectivity index (χ4n) is 5.44. The first-order valence-corrected chi connectivity index (χ1v) is 14.9. The van der Waals surface area contributed by atoms with Crippen LogP contribution in [0.1, 0.15) is 30.9 Å². The van der Waals surface area contributed by atoms with Gasteiger partial charge in [-0.25, -0.2) is 17.9 Å². The molecule has 0 spiro atoms. The molecule has 2 aromatic carbocycles. The Bertz CT molecular complexity index is 1400. The number of benzene rings is 2. The van der Waals surface area contributed by atoms with Crippen LogP contribution in [-0.4, -0.2) is 61.9 Å². The summed E-state index contributed by atoms with van der Waals surface area (Å²) in [5.41, 5.74) is 3.40. The third kappa shape index (κ3) is 6.11. The van der Waals surface area contributed by atoms with Crippen molar-refractivity contribution >= 4 is 22.2 Å². The third-order valence-electron chi connectivity index (χ3n) is 7.61. The molecule has 0 unspecified atom stereocenters. The van der Waals surface area contributed by atoms with Crippen LogP contribution in [-0.2, 0) is 4.79 Å². The second-order valence-corrected chi connectivity index (χ2v) is 12.7. The number of hydrogen-bond acceptors (Lipinski definition) is 6. The predicted octanol–water partition coefficient (Wildman–Crippen LogP) is 5.41. The number of nitriles is 1. The highest BCUT2D eigenvalue weighted by molar-refractivity contribution is 8.24. The van der Waals surface area contributed by atoms with Gasteiger partial charge in [0.25, 0.3) is 0 Å². The van der Waals surface area contributed by atoms with E-state index in [1.165, 1.54) is 12.1 Å². The molecule has 1 saturated carbocycles. The molecule has 3 aromatic rings. The highest BCUT2D eigenvalue weighted by Crippen LogP contribution is 2.47. The van der Waals surface area contributed by atoms with Gasteiger partial charge < -0.3 is 10.2 Å². The topological polar surface area (TPSA) is 114 Å². The number of amides is 1. The molecule has 8 nitrogen and oxygen atoms in total. The van der Waals surface area contributed by atoms with Crippen LogP contribution in [0.2, 0.25) is 0 Å². The smallest absolute Gasteiger partial charge is 0.249 e. The third-order valence-corrected chi connectivity index (χ3v) is 9.28. The van der Waals surface area contributed by atoms with Crippen LogP contribution in [0.5, 0.6) is 0 Å². The summed E-state index contributed by atoms with van der Waals surface area (Å²) in [6.07, 6.45) is 0.745. The molecule has 1 saturated heterocycles. The van der Waals surface area contributed by atoms with Crippen molar-refractivity contribution in [2.24, 2.45) is 5.92 Å². The summed E-state index contributed by atoms with van der Waals surface area (Å²) in [6.45, 7) is 0.758. The summed E-state index contributed by atoms with van der Waals surface area (Å²) in [6, 6.07) is 15.2. The van der Waals surface area contributed by atoms with Gasteiger partial charge in [0.05, 0.1) is 34.9 Å². The molecular formula is C28H30F3N5O3S. The van der Waals surface area contributed by atoms with E-state index >= 15 is 0 Å². The number of alkyl halides is 2. The van der Waals surface area contributed by atoms with Crippen molar-refractivity contribution in [1.29, 1.82) is 5.26 Å². The normalized spacial score (nSPS) is 22.8. The lowest BCUT2D eigenvalue weighted by Gasteiger charge is -2.41. The van der Waals surface area contributed by atoms with Crippen LogP contribution in [0, 0.1) is 23.1 Å². The summed E-state index contributed by atoms with van der Waals surface area (Å²) in [5, 5.41) is 16.1. The van der Waals surface area contributed by atoms with Crippen LogP contribution < -0.4 is 10.2 Å². The first-order valence-electron chi connectivity index (χ1n) is 13.0. The van der Waals surface area contributed by atoms with Crippen LogP contribution in [0.4, 0.5) is 18.9 Å². The average molecular weight is 574 g/mol. The molecular weight excluding hydrogens is 543 g/mol. The zero-order chi connectivity index (χ0) is 28.5. The first kappa shape index (κ1) is 28.0. The second kappa shape index (κ2) is 11.2. The van der Waals surface area contributed by atoms with Gasteiger partial charge in [-0.3, -0.25) is 13.9 Å². The van der Waals surface area contributed by atoms with E-state index in [-0.39, 0.29) is 13.0 Å². The van der Waals surface area contributed by atoms with Crippen molar-refractivity contribution in [3.8, 4) is 22.9 Å². The summed E-state index contributed by atoms with van der Waals surface area (Å²) in [4.78, 5) is 15.0. The maximum Gasteiger partial charge on any atom is 0.249 e. The van der Waals surface area contributed by atoms with E-state index in [0.717, 1.165) is 11.3 Å². The molecule has 1 aliphatic carbocycles. The fraction of sp³-hybridized carbons (Fsp3) is 0.393. The van der Waals surface area contributed by atoms with E-state index in [4.69, 9.17) is 10.4 Å². The zero-order valence-electron chi connectivity index (χ0n) is 21.6. The largest absolute Gasteiger partial charge is 0.368 e. The Morgan fingerprint density at radius 2 is 1.75 bits per heavy atom. The molecule has 1 aliphatic heterocycles. The number of hydrogen-bond donors (Lipinski definition) is 3. The molecule has 0 radical (unpaired) electrons. The van der Waals surface area contributed by atoms with Gasteiger partial charge in [0.2, 0.25) is 11.8 Å². The predicted molar refractivity (Wildman–Crippen MR) is 147 cm³/mol. The van der Waals surface area contributed by atoms with Crippen molar-refractivity contribution in [3.63, 3.8) is 0 Å². The molecule has 2 fully saturated rings. The summed E-state index contributed by atoms with van der Waals surface area (Å²) in [7, 11) is -2.53. The number of rotatable bonds is 6. The highest BCUT2D eigenvalue weighted by atomic mass is 32.3. The average Bonchev–Trinajstić information content (AvgIpc) is 3.37. The van der Waals surface area contributed by atoms with E-state index in [1.54, 1.807) is 23.0 Å². The molecule has 1 aromatic heterocycles. The lowest BCUT2D eigenvalue weighted by atomic mass is 9.74. The van der Waals surface area contributed by atoms with Crippen molar-refractivity contribution in [2.75, 3.05) is 36.0 Å². The summed E-state index contributed by atoms with van der Waals surface area (Å²) < 4.78 is 64.0. The number of anilines is 1. The maximum atomic E-state index is 14.5. The Kier molecular flexibility index (Phi) is 7.81. The number of aromatic nitrogens is 2. The minimum Gasteiger partial charge on any atom is -0.368 e. The quantitative estimate of drug-likeness (QED) is 0.340. The van der Waals surface area contributed by atoms with Gasteiger partial charge in [0, 0.05) is 49.3 Å². The van der Waals surface area contributed by atoms with Gasteiger partial charge in [-0.2, -0.15) is 21.0 Å². The molecule has 2 aliphatic rings. The Morgan fingerprint density at radius 3 is 2.40 bits per heavy atom. The van der Waals surface area contributed by atoms with E-state index in [2.05, 4.69) is 10.2 Å². The minimum atomic E-state index is -3.01. The number of nitrogens with zero attached hydrogens (tertiary/aromatic N) is 4. The minimum absolute atomic E-state index is 0.0311. The number of nitrogens with one attached hydrogen (secondary N) is 1. The van der Waals surface area contributed by atoms with E-state index in [1.807, 2.05) is 30.3 Å². The lowest BCUT2D eigenvalue weighted by molar-refractivity contribution is -0.133. The van der Waals surface area contributed by atoms with E-state index in [0.29, 0.717) is 41.5 Å². The molecule has 1 amide bonds. The Labute approximate surface area is 231 Å². The van der Waals surface area contributed by atoms with E-state index < -0.39 is 52.9 Å². The molecule has 12 heteroatoms. The van der Waals surface area contributed by atoms with Crippen LogP contribution >= 0.6 is 10.6 Å². The highest BCUT2D eigenvalue weighted by Gasteiger charge is 2.46. The van der Waals surface area contributed by atoms with E-state index in [9.17, 15) is 27.1 Å². The van der Waals surface area contributed by atoms with Gasteiger partial charge in [-0.05, 0) is 48.4 Å². The second-order valence-electron chi connectivity index (χ2n) is 10.3. The first-order chi connectivity index (χ1) is 19.0. The maximum absolute atomic E-state index is 14.5. The summed E-state index contributed by atoms with van der Waals surface area (Å²) in [5.74, 6) is -5.12. The van der Waals surface area contributed by atoms with Crippen molar-refractivity contribution in [2.45, 2.75) is 31.1 Å². The van der Waals surface area contributed by atoms with Crippen molar-refractivity contribution in [1.82, 2.24) is 15.1 Å². The monoisotopic (exact) mass is 573 g/mol. The molecule has 3 N–H and O–H groups in total. The van der Waals surface area contributed by atoms with Crippen molar-refractivity contribution in [3.05, 3.63) is 66.2 Å². The Balaban J connectivity index is 1.52.